The number of rotatable bonds is 4. The van der Waals surface area contributed by atoms with Gasteiger partial charge in [-0.15, -0.1) is 0 Å². The van der Waals surface area contributed by atoms with Crippen LogP contribution < -0.4 is 20.7 Å². The highest BCUT2D eigenvalue weighted by Crippen LogP contribution is 2.31. The number of carbonyl (C=O) groups excluding carboxylic acids is 1. The number of fused-ring (bicyclic) bond motifs is 2. The molecule has 8 nitrogen and oxygen atoms in total. The number of nitrogens with zero attached hydrogens (tertiary/aromatic N) is 1. The third-order valence-electron chi connectivity index (χ3n) is 5.08. The van der Waals surface area contributed by atoms with Crippen LogP contribution in [0.1, 0.15) is 10.4 Å². The van der Waals surface area contributed by atoms with Crippen molar-refractivity contribution in [2.24, 2.45) is 0 Å². The van der Waals surface area contributed by atoms with E-state index in [1.54, 1.807) is 36.4 Å². The van der Waals surface area contributed by atoms with Crippen LogP contribution in [0.15, 0.2) is 91.5 Å². The first-order valence-electron chi connectivity index (χ1n) is 9.85. The fourth-order valence-electron chi connectivity index (χ4n) is 3.55. The molecule has 8 heteroatoms. The Bertz CT molecular complexity index is 1630. The van der Waals surface area contributed by atoms with Crippen molar-refractivity contribution < 1.29 is 23.1 Å². The van der Waals surface area contributed by atoms with Gasteiger partial charge in [0.2, 0.25) is 0 Å². The average Bonchev–Trinajstić information content (AvgIpc) is 2.83. The first-order valence-corrected chi connectivity index (χ1v) is 9.85. The molecule has 0 aliphatic carbocycles. The molecule has 0 fully saturated rings. The van der Waals surface area contributed by atoms with Crippen LogP contribution in [-0.2, 0) is 0 Å². The summed E-state index contributed by atoms with van der Waals surface area (Å²) in [5.41, 5.74) is 0.0211. The van der Waals surface area contributed by atoms with Crippen molar-refractivity contribution in [3.63, 3.8) is 0 Å². The second kappa shape index (κ2) is 8.08. The number of aromatic nitrogens is 1. The van der Waals surface area contributed by atoms with Crippen molar-refractivity contribution in [3.05, 3.63) is 99.5 Å². The number of hydrogen-bond acceptors (Lipinski definition) is 8. The van der Waals surface area contributed by atoms with Crippen LogP contribution in [0.5, 0.6) is 11.5 Å². The molecule has 0 amide bonds. The summed E-state index contributed by atoms with van der Waals surface area (Å²) in [4.78, 5) is 41.3. The van der Waals surface area contributed by atoms with Crippen molar-refractivity contribution in [3.8, 4) is 22.6 Å². The fourth-order valence-corrected chi connectivity index (χ4v) is 3.55. The molecule has 0 N–H and O–H groups in total. The lowest BCUT2D eigenvalue weighted by Gasteiger charge is -2.09. The van der Waals surface area contributed by atoms with Gasteiger partial charge >= 0.3 is 17.2 Å². The minimum atomic E-state index is -0.666. The molecule has 0 atom stereocenters. The van der Waals surface area contributed by atoms with E-state index in [9.17, 15) is 14.4 Å². The average molecular weight is 441 g/mol. The maximum atomic E-state index is 12.8. The summed E-state index contributed by atoms with van der Waals surface area (Å²) in [6, 6.07) is 15.7. The summed E-state index contributed by atoms with van der Waals surface area (Å²) in [6.07, 6.45) is 2.96. The van der Waals surface area contributed by atoms with Crippen molar-refractivity contribution >= 4 is 27.9 Å². The predicted molar refractivity (Wildman–Crippen MR) is 120 cm³/mol. The SMILES string of the molecule is COc1cccc2cc(-c3cc(=O)oc4cc(OC(=O)c5ccncc5)ccc34)c(=O)oc12. The highest BCUT2D eigenvalue weighted by Gasteiger charge is 2.16. The second-order valence-electron chi connectivity index (χ2n) is 7.09. The van der Waals surface area contributed by atoms with Gasteiger partial charge in [0.1, 0.15) is 11.3 Å². The molecule has 162 valence electrons. The Kier molecular flexibility index (Phi) is 4.95. The van der Waals surface area contributed by atoms with Crippen LogP contribution in [0.2, 0.25) is 0 Å². The number of esters is 1. The topological polar surface area (TPSA) is 109 Å². The summed E-state index contributed by atoms with van der Waals surface area (Å²) in [7, 11) is 1.48. The maximum Gasteiger partial charge on any atom is 0.344 e. The summed E-state index contributed by atoms with van der Waals surface area (Å²) in [6.45, 7) is 0. The Labute approximate surface area is 185 Å². The molecule has 3 heterocycles. The number of hydrogen-bond donors (Lipinski definition) is 0. The van der Waals surface area contributed by atoms with E-state index in [4.69, 9.17) is 18.3 Å². The molecule has 2 aromatic carbocycles. The smallest absolute Gasteiger partial charge is 0.344 e. The molecular weight excluding hydrogens is 426 g/mol. The Morgan fingerprint density at radius 1 is 0.909 bits per heavy atom. The first-order chi connectivity index (χ1) is 16.0. The molecule has 0 saturated carbocycles. The van der Waals surface area contributed by atoms with Gasteiger partial charge in [-0.2, -0.15) is 0 Å². The zero-order valence-corrected chi connectivity index (χ0v) is 17.2. The summed E-state index contributed by atoms with van der Waals surface area (Å²) in [5.74, 6) is 0.0218. The van der Waals surface area contributed by atoms with Crippen LogP contribution in [0.4, 0.5) is 0 Å². The number of para-hydroxylation sites is 1. The minimum absolute atomic E-state index is 0.155. The van der Waals surface area contributed by atoms with Gasteiger partial charge in [-0.25, -0.2) is 14.4 Å². The minimum Gasteiger partial charge on any atom is -0.493 e. The van der Waals surface area contributed by atoms with Crippen LogP contribution in [0.3, 0.4) is 0 Å². The highest BCUT2D eigenvalue weighted by atomic mass is 16.5. The van der Waals surface area contributed by atoms with Crippen LogP contribution in [0, 0.1) is 0 Å². The quantitative estimate of drug-likeness (QED) is 0.232. The molecule has 33 heavy (non-hydrogen) atoms. The Hall–Kier alpha value is -4.72. The summed E-state index contributed by atoms with van der Waals surface area (Å²) >= 11 is 0. The van der Waals surface area contributed by atoms with E-state index in [1.807, 2.05) is 0 Å². The molecule has 0 saturated heterocycles. The number of ether oxygens (including phenoxy) is 2. The van der Waals surface area contributed by atoms with E-state index in [0.29, 0.717) is 33.2 Å². The molecule has 5 rings (SSSR count). The Morgan fingerprint density at radius 3 is 2.52 bits per heavy atom. The van der Waals surface area contributed by atoms with Crippen LogP contribution >= 0.6 is 0 Å². The van der Waals surface area contributed by atoms with E-state index >= 15 is 0 Å². The second-order valence-corrected chi connectivity index (χ2v) is 7.09. The Balaban J connectivity index is 1.61. The third kappa shape index (κ3) is 3.74. The van der Waals surface area contributed by atoms with Crippen molar-refractivity contribution in [2.75, 3.05) is 7.11 Å². The van der Waals surface area contributed by atoms with Crippen molar-refractivity contribution in [2.45, 2.75) is 0 Å². The lowest BCUT2D eigenvalue weighted by molar-refractivity contribution is 0.0735. The van der Waals surface area contributed by atoms with Gasteiger partial charge in [0.25, 0.3) is 0 Å². The fraction of sp³-hybridized carbons (Fsp3) is 0.0400. The van der Waals surface area contributed by atoms with Gasteiger partial charge in [0.15, 0.2) is 11.3 Å². The van der Waals surface area contributed by atoms with Gasteiger partial charge in [-0.3, -0.25) is 4.98 Å². The van der Waals surface area contributed by atoms with E-state index in [-0.39, 0.29) is 16.9 Å². The number of methoxy groups -OCH3 is 1. The van der Waals surface area contributed by atoms with Gasteiger partial charge in [0.05, 0.1) is 18.2 Å². The van der Waals surface area contributed by atoms with Crippen LogP contribution in [-0.4, -0.2) is 18.1 Å². The summed E-state index contributed by atoms with van der Waals surface area (Å²) < 4.78 is 21.4. The molecule has 5 aromatic rings. The number of pyridine rings is 1. The van der Waals surface area contributed by atoms with E-state index in [2.05, 4.69) is 4.98 Å². The van der Waals surface area contributed by atoms with Crippen molar-refractivity contribution in [1.29, 1.82) is 0 Å². The van der Waals surface area contributed by atoms with Gasteiger partial charge < -0.3 is 18.3 Å². The van der Waals surface area contributed by atoms with Crippen LogP contribution in [0.25, 0.3) is 33.1 Å². The zero-order valence-electron chi connectivity index (χ0n) is 17.2. The number of benzene rings is 2. The highest BCUT2D eigenvalue weighted by molar-refractivity contribution is 5.97. The lowest BCUT2D eigenvalue weighted by atomic mass is 10.0. The molecule has 0 aliphatic heterocycles. The molecule has 0 radical (unpaired) electrons. The molecular formula is C25H15NO7. The monoisotopic (exact) mass is 441 g/mol. The maximum absolute atomic E-state index is 12.8. The standard InChI is InChI=1S/C25H15NO7/c1-30-20-4-2-3-15-11-19(25(29)33-23(15)20)18-13-22(27)32-21-12-16(5-6-17(18)21)31-24(28)14-7-9-26-10-8-14/h2-13H,1H3. The van der Waals surface area contributed by atoms with Gasteiger partial charge in [-0.1, -0.05) is 12.1 Å². The Morgan fingerprint density at radius 2 is 1.73 bits per heavy atom. The molecule has 0 unspecified atom stereocenters. The normalized spacial score (nSPS) is 10.9. The lowest BCUT2D eigenvalue weighted by Crippen LogP contribution is -2.09. The molecule has 0 spiro atoms. The molecule has 0 aliphatic rings. The molecule has 0 bridgehead atoms. The van der Waals surface area contributed by atoms with E-state index < -0.39 is 17.2 Å². The largest absolute Gasteiger partial charge is 0.493 e. The number of carbonyl (C=O) groups is 1. The summed E-state index contributed by atoms with van der Waals surface area (Å²) in [5, 5.41) is 1.11. The van der Waals surface area contributed by atoms with Gasteiger partial charge in [0, 0.05) is 40.9 Å². The van der Waals surface area contributed by atoms with E-state index in [0.717, 1.165) is 0 Å². The zero-order chi connectivity index (χ0) is 22.9. The van der Waals surface area contributed by atoms with Gasteiger partial charge in [-0.05, 0) is 36.4 Å². The van der Waals surface area contributed by atoms with E-state index in [1.165, 1.54) is 43.8 Å². The van der Waals surface area contributed by atoms with Crippen molar-refractivity contribution in [1.82, 2.24) is 4.98 Å². The predicted octanol–water partition coefficient (Wildman–Crippen LogP) is 4.19. The first kappa shape index (κ1) is 20.2. The molecule has 3 aromatic heterocycles. The third-order valence-corrected chi connectivity index (χ3v) is 5.08.